The highest BCUT2D eigenvalue weighted by atomic mass is 79.9. The fourth-order valence-electron chi connectivity index (χ4n) is 1.35. The minimum Gasteiger partial charge on any atom is -0.476 e. The van der Waals surface area contributed by atoms with Crippen molar-refractivity contribution in [1.29, 1.82) is 0 Å². The number of hydrogen-bond donors (Lipinski definition) is 2. The maximum absolute atomic E-state index is 10.8. The number of aryl methyl sites for hydroxylation is 1. The molecule has 1 heterocycles. The van der Waals surface area contributed by atoms with Gasteiger partial charge in [0.15, 0.2) is 5.82 Å². The first-order chi connectivity index (χ1) is 8.00. The summed E-state index contributed by atoms with van der Waals surface area (Å²) in [6, 6.07) is 5.46. The molecule has 0 bridgehead atoms. The molecule has 0 unspecified atom stereocenters. The van der Waals surface area contributed by atoms with Gasteiger partial charge < -0.3 is 10.8 Å². The van der Waals surface area contributed by atoms with E-state index in [0.29, 0.717) is 5.69 Å². The predicted octanol–water partition coefficient (Wildman–Crippen LogP) is 1.62. The summed E-state index contributed by atoms with van der Waals surface area (Å²) in [5.41, 5.74) is 7.13. The number of benzene rings is 1. The second-order valence-electron chi connectivity index (χ2n) is 3.47. The van der Waals surface area contributed by atoms with Crippen molar-refractivity contribution in [3.8, 4) is 5.69 Å². The Hall–Kier alpha value is -1.89. The number of carbonyl (C=O) groups is 1. The van der Waals surface area contributed by atoms with Crippen molar-refractivity contribution in [2.75, 3.05) is 5.73 Å². The number of nitrogen functional groups attached to an aromatic ring is 1. The van der Waals surface area contributed by atoms with Crippen molar-refractivity contribution in [2.45, 2.75) is 6.92 Å². The lowest BCUT2D eigenvalue weighted by Gasteiger charge is -2.05. The Morgan fingerprint density at radius 2 is 2.24 bits per heavy atom. The van der Waals surface area contributed by atoms with E-state index in [-0.39, 0.29) is 11.5 Å². The van der Waals surface area contributed by atoms with Crippen LogP contribution in [0.3, 0.4) is 0 Å². The lowest BCUT2D eigenvalue weighted by molar-refractivity contribution is 0.0691. The molecule has 0 aliphatic rings. The Morgan fingerprint density at radius 3 is 2.76 bits per heavy atom. The number of nitrogens with two attached hydrogens (primary N) is 1. The third kappa shape index (κ3) is 2.01. The van der Waals surface area contributed by atoms with Crippen molar-refractivity contribution >= 4 is 27.7 Å². The second-order valence-corrected chi connectivity index (χ2v) is 4.33. The highest BCUT2D eigenvalue weighted by Crippen LogP contribution is 2.22. The number of nitrogens with zero attached hydrogens (tertiary/aromatic N) is 3. The van der Waals surface area contributed by atoms with Gasteiger partial charge >= 0.3 is 5.97 Å². The van der Waals surface area contributed by atoms with Crippen LogP contribution in [0.15, 0.2) is 22.7 Å². The molecule has 0 aliphatic carbocycles. The van der Waals surface area contributed by atoms with Crippen LogP contribution in [0, 0.1) is 6.92 Å². The molecule has 17 heavy (non-hydrogen) atoms. The molecule has 2 rings (SSSR count). The topological polar surface area (TPSA) is 94.0 Å². The molecular weight excluding hydrogens is 288 g/mol. The van der Waals surface area contributed by atoms with Crippen molar-refractivity contribution in [2.24, 2.45) is 0 Å². The van der Waals surface area contributed by atoms with Gasteiger partial charge in [-0.3, -0.25) is 0 Å². The molecule has 2 aromatic rings. The number of carboxylic acid groups (broad SMARTS) is 1. The molecule has 0 saturated carbocycles. The summed E-state index contributed by atoms with van der Waals surface area (Å²) in [6.45, 7) is 1.95. The molecule has 6 nitrogen and oxygen atoms in total. The van der Waals surface area contributed by atoms with Gasteiger partial charge in [-0.05, 0) is 24.6 Å². The minimum atomic E-state index is -1.19. The molecule has 0 atom stereocenters. The van der Waals surface area contributed by atoms with Gasteiger partial charge in [0.2, 0.25) is 5.69 Å². The predicted molar refractivity (Wildman–Crippen MR) is 65.2 cm³/mol. The molecule has 0 spiro atoms. The van der Waals surface area contributed by atoms with E-state index in [1.54, 1.807) is 12.1 Å². The molecule has 3 N–H and O–H groups in total. The van der Waals surface area contributed by atoms with Crippen molar-refractivity contribution in [1.82, 2.24) is 15.0 Å². The van der Waals surface area contributed by atoms with E-state index in [1.165, 1.54) is 4.68 Å². The lowest BCUT2D eigenvalue weighted by Crippen LogP contribution is -2.06. The van der Waals surface area contributed by atoms with Crippen LogP contribution in [0.4, 0.5) is 5.82 Å². The van der Waals surface area contributed by atoms with E-state index in [4.69, 9.17) is 10.8 Å². The molecule has 0 aliphatic heterocycles. The van der Waals surface area contributed by atoms with Crippen LogP contribution in [-0.4, -0.2) is 26.1 Å². The van der Waals surface area contributed by atoms with Crippen LogP contribution < -0.4 is 5.73 Å². The van der Waals surface area contributed by atoms with Crippen molar-refractivity contribution in [3.63, 3.8) is 0 Å². The summed E-state index contributed by atoms with van der Waals surface area (Å²) >= 11 is 3.38. The Labute approximate surface area is 105 Å². The Morgan fingerprint density at radius 1 is 1.53 bits per heavy atom. The van der Waals surface area contributed by atoms with E-state index < -0.39 is 5.97 Å². The Balaban J connectivity index is 2.53. The third-order valence-electron chi connectivity index (χ3n) is 2.31. The smallest absolute Gasteiger partial charge is 0.360 e. The highest BCUT2D eigenvalue weighted by Gasteiger charge is 2.17. The maximum atomic E-state index is 10.8. The monoisotopic (exact) mass is 296 g/mol. The molecule has 0 amide bonds. The average molecular weight is 297 g/mol. The number of aromatic carboxylic acids is 1. The Kier molecular flexibility index (Phi) is 2.84. The first-order valence-corrected chi connectivity index (χ1v) is 5.51. The third-order valence-corrected chi connectivity index (χ3v) is 3.16. The summed E-state index contributed by atoms with van der Waals surface area (Å²) in [5, 5.41) is 16.1. The standard InChI is InChI=1S/C10H9BrN4O2/c1-5-2-3-6(4-7(5)11)15-9(12)8(10(16)17)13-14-15/h2-4H,12H2,1H3,(H,16,17). The highest BCUT2D eigenvalue weighted by molar-refractivity contribution is 9.10. The van der Waals surface area contributed by atoms with Crippen molar-refractivity contribution in [3.05, 3.63) is 33.9 Å². The van der Waals surface area contributed by atoms with E-state index in [9.17, 15) is 4.79 Å². The normalized spacial score (nSPS) is 10.5. The fraction of sp³-hybridized carbons (Fsp3) is 0.100. The number of anilines is 1. The van der Waals surface area contributed by atoms with Gasteiger partial charge in [-0.15, -0.1) is 5.10 Å². The van der Waals surface area contributed by atoms with Gasteiger partial charge in [-0.1, -0.05) is 27.2 Å². The molecule has 1 aromatic heterocycles. The average Bonchev–Trinajstić information content (AvgIpc) is 2.64. The molecule has 0 fully saturated rings. The van der Waals surface area contributed by atoms with Crippen LogP contribution >= 0.6 is 15.9 Å². The number of hydrogen-bond acceptors (Lipinski definition) is 4. The quantitative estimate of drug-likeness (QED) is 0.878. The molecular formula is C10H9BrN4O2. The van der Waals surface area contributed by atoms with Crippen LogP contribution in [0.25, 0.3) is 5.69 Å². The largest absolute Gasteiger partial charge is 0.476 e. The first kappa shape index (κ1) is 11.6. The lowest BCUT2D eigenvalue weighted by atomic mass is 10.2. The van der Waals surface area contributed by atoms with Gasteiger partial charge in [0.25, 0.3) is 0 Å². The molecule has 88 valence electrons. The number of aromatic nitrogens is 3. The zero-order chi connectivity index (χ0) is 12.6. The van der Waals surface area contributed by atoms with Crippen LogP contribution in [0.1, 0.15) is 16.1 Å². The molecule has 0 saturated heterocycles. The summed E-state index contributed by atoms with van der Waals surface area (Å²) in [6.07, 6.45) is 0. The zero-order valence-corrected chi connectivity index (χ0v) is 10.5. The van der Waals surface area contributed by atoms with E-state index in [1.807, 2.05) is 13.0 Å². The minimum absolute atomic E-state index is 0.00764. The van der Waals surface area contributed by atoms with E-state index in [0.717, 1.165) is 10.0 Å². The Bertz CT molecular complexity index is 594. The molecule has 1 aromatic carbocycles. The van der Waals surface area contributed by atoms with Crippen molar-refractivity contribution < 1.29 is 9.90 Å². The summed E-state index contributed by atoms with van der Waals surface area (Å²) in [5.74, 6) is -1.19. The van der Waals surface area contributed by atoms with E-state index in [2.05, 4.69) is 26.2 Å². The van der Waals surface area contributed by atoms with Crippen LogP contribution in [-0.2, 0) is 0 Å². The molecule has 7 heteroatoms. The van der Waals surface area contributed by atoms with E-state index >= 15 is 0 Å². The van der Waals surface area contributed by atoms with Gasteiger partial charge in [-0.25, -0.2) is 4.79 Å². The SMILES string of the molecule is Cc1ccc(-n2nnc(C(=O)O)c2N)cc1Br. The summed E-state index contributed by atoms with van der Waals surface area (Å²) < 4.78 is 2.18. The number of carboxylic acids is 1. The van der Waals surface area contributed by atoms with Crippen LogP contribution in [0.2, 0.25) is 0 Å². The second kappa shape index (κ2) is 4.17. The van der Waals surface area contributed by atoms with Gasteiger partial charge in [0.1, 0.15) is 0 Å². The molecule has 0 radical (unpaired) electrons. The maximum Gasteiger partial charge on any atom is 0.360 e. The van der Waals surface area contributed by atoms with Gasteiger partial charge in [0, 0.05) is 4.47 Å². The van der Waals surface area contributed by atoms with Crippen LogP contribution in [0.5, 0.6) is 0 Å². The fourth-order valence-corrected chi connectivity index (χ4v) is 1.71. The summed E-state index contributed by atoms with van der Waals surface area (Å²) in [4.78, 5) is 10.8. The van der Waals surface area contributed by atoms with Gasteiger partial charge in [-0.2, -0.15) is 4.68 Å². The van der Waals surface area contributed by atoms with Gasteiger partial charge in [0.05, 0.1) is 5.69 Å². The first-order valence-electron chi connectivity index (χ1n) is 4.71. The number of rotatable bonds is 2. The summed E-state index contributed by atoms with van der Waals surface area (Å²) in [7, 11) is 0. The number of halogens is 1. The zero-order valence-electron chi connectivity index (χ0n) is 8.88.